The van der Waals surface area contributed by atoms with E-state index >= 15 is 0 Å². The first kappa shape index (κ1) is 50.3. The highest BCUT2D eigenvalue weighted by atomic mass is 32.1. The molecule has 0 aromatic heterocycles. The van der Waals surface area contributed by atoms with Gasteiger partial charge in [-0.2, -0.15) is 0 Å². The molecule has 5 aliphatic heterocycles. The second-order valence-corrected chi connectivity index (χ2v) is 20.5. The maximum absolute atomic E-state index is 14.7. The Hall–Kier alpha value is -1.71. The van der Waals surface area contributed by atoms with Crippen molar-refractivity contribution in [2.45, 2.75) is 232 Å². The number of carbonyl (C=O) groups is 2. The third kappa shape index (κ3) is 10.2. The molecule has 0 aliphatic carbocycles. The molecule has 5 heterocycles. The summed E-state index contributed by atoms with van der Waals surface area (Å²) >= 11 is 5.89. The van der Waals surface area contributed by atoms with E-state index in [2.05, 4.69) is 58.3 Å². The molecular weight excluding hydrogens is 797 g/mol. The zero-order valence-electron chi connectivity index (χ0n) is 39.4. The Morgan fingerprint density at radius 3 is 2.13 bits per heavy atom. The van der Waals surface area contributed by atoms with Crippen LogP contribution in [0.2, 0.25) is 0 Å². The highest BCUT2D eigenvalue weighted by molar-refractivity contribution is 7.80. The number of carbonyl (C=O) groups excluding carboxylic acids is 1. The zero-order chi connectivity index (χ0) is 45.2. The lowest BCUT2D eigenvalue weighted by molar-refractivity contribution is -0.397. The number of carboxylic acids is 1. The van der Waals surface area contributed by atoms with Gasteiger partial charge in [0.1, 0.15) is 11.8 Å². The van der Waals surface area contributed by atoms with Gasteiger partial charge in [0, 0.05) is 36.1 Å². The second kappa shape index (κ2) is 20.2. The van der Waals surface area contributed by atoms with E-state index in [-0.39, 0.29) is 47.9 Å². The summed E-state index contributed by atoms with van der Waals surface area (Å²) in [6.07, 6.45) is 9.26. The molecule has 5 aliphatic rings. The van der Waals surface area contributed by atoms with Crippen LogP contribution in [-0.2, 0) is 33.3 Å². The Labute approximate surface area is 372 Å². The van der Waals surface area contributed by atoms with Crippen molar-refractivity contribution >= 4 is 29.1 Å². The van der Waals surface area contributed by atoms with Crippen LogP contribution in [-0.4, -0.2) is 104 Å². The Kier molecular flexibility index (Phi) is 16.7. The molecule has 18 atom stereocenters. The fraction of sp³-hybridized carbons (Fsp3) is 0.896. The number of Topliss-reactive ketones (excluding diaryl/α,β-unsaturated/α-hetero) is 1. The first-order valence-corrected chi connectivity index (χ1v) is 24.4. The van der Waals surface area contributed by atoms with Crippen molar-refractivity contribution in [2.75, 3.05) is 0 Å². The minimum atomic E-state index is -1.21. The first-order chi connectivity index (χ1) is 28.7. The molecular formula is C48H82N2O10S. The average Bonchev–Trinajstić information content (AvgIpc) is 3.57. The van der Waals surface area contributed by atoms with Crippen LogP contribution in [0, 0.1) is 41.4 Å². The van der Waals surface area contributed by atoms with Crippen LogP contribution in [0.25, 0.3) is 0 Å². The summed E-state index contributed by atoms with van der Waals surface area (Å²) in [7, 11) is 0. The van der Waals surface area contributed by atoms with Gasteiger partial charge < -0.3 is 49.6 Å². The third-order valence-electron chi connectivity index (χ3n) is 16.1. The number of thiocarbonyl (C=S) groups is 1. The number of hydrogen-bond donors (Lipinski definition) is 5. The summed E-state index contributed by atoms with van der Waals surface area (Å²) in [5.41, 5.74) is -1.60. The van der Waals surface area contributed by atoms with Crippen LogP contribution in [0.4, 0.5) is 0 Å². The molecule has 0 amide bonds. The van der Waals surface area contributed by atoms with E-state index in [1.807, 2.05) is 40.7 Å². The lowest BCUT2D eigenvalue weighted by atomic mass is 9.72. The SMILES string of the molecule is CCC(CC)NC(=S)N[C@@H]1C=C[C@]2(O[C@H]([C@@H](CC)C(=O)[C@@H](C)[C@@H](O)[C@H](C)[C@@H]3O[C@@H](C(CC)C(=O)O)CC[C@@H]3C)[C@@H](C)C[C@H]2C)O[C@@]12CC[C@@](C)([C@H]1CC[C@](O)(CC)[C@H](C)O1)O2. The number of ether oxygens (including phenoxy) is 5. The summed E-state index contributed by atoms with van der Waals surface area (Å²) in [4.78, 5) is 26.7. The van der Waals surface area contributed by atoms with Crippen molar-refractivity contribution in [1.82, 2.24) is 10.6 Å². The number of nitrogens with one attached hydrogen (secondary N) is 2. The smallest absolute Gasteiger partial charge is 0.309 e. The summed E-state index contributed by atoms with van der Waals surface area (Å²) in [6.45, 7) is 24.2. The van der Waals surface area contributed by atoms with Gasteiger partial charge in [0.25, 0.3) is 0 Å². The number of ketones is 1. The molecule has 350 valence electrons. The Balaban J connectivity index is 1.40. The number of aliphatic carboxylic acids is 1. The van der Waals surface area contributed by atoms with Gasteiger partial charge in [0.15, 0.2) is 16.7 Å². The van der Waals surface area contributed by atoms with Gasteiger partial charge >= 0.3 is 5.97 Å². The lowest BCUT2D eigenvalue weighted by Crippen LogP contribution is -2.66. The predicted molar refractivity (Wildman–Crippen MR) is 240 cm³/mol. The van der Waals surface area contributed by atoms with E-state index in [0.29, 0.717) is 56.5 Å². The van der Waals surface area contributed by atoms with Crippen molar-refractivity contribution in [3.63, 3.8) is 0 Å². The fourth-order valence-corrected chi connectivity index (χ4v) is 11.8. The van der Waals surface area contributed by atoms with E-state index in [9.17, 15) is 24.9 Å². The van der Waals surface area contributed by atoms with E-state index in [1.54, 1.807) is 6.92 Å². The first-order valence-electron chi connectivity index (χ1n) is 24.0. The zero-order valence-corrected chi connectivity index (χ0v) is 40.2. The van der Waals surface area contributed by atoms with Crippen LogP contribution < -0.4 is 10.6 Å². The van der Waals surface area contributed by atoms with Crippen LogP contribution in [0.15, 0.2) is 12.2 Å². The standard InChI is InChI=1S/C48H82N2O10S/c1-13-33(14-2)49-44(61)50-37-20-23-47(60-48(37)25-24-45(12,59-48)38-21-22-46(55,17-5)32(11)56-38)29(8)26-28(7)42(58-47)35(16-4)40(52)30(9)39(51)31(10)41-27(6)18-19-36(57-41)34(15-3)43(53)54/h20,23,27-39,41-42,51,55H,13-19,21-22,24-26H2,1-12H3,(H,53,54)(H2,49,50,61)/t27-,28-,29+,30-,31-,32-,34?,35-,36+,37+,38+,39+,41+,42-,45-,46+,47-,48-/m0/s1. The number of hydrogen-bond acceptors (Lipinski definition) is 10. The molecule has 2 spiro atoms. The molecule has 1 unspecified atom stereocenters. The van der Waals surface area contributed by atoms with Crippen molar-refractivity contribution in [2.24, 2.45) is 41.4 Å². The Morgan fingerprint density at radius 1 is 0.869 bits per heavy atom. The summed E-state index contributed by atoms with van der Waals surface area (Å²) in [5.74, 6) is -5.52. The van der Waals surface area contributed by atoms with Gasteiger partial charge in [-0.3, -0.25) is 9.59 Å². The number of aliphatic hydroxyl groups excluding tert-OH is 1. The Morgan fingerprint density at radius 2 is 1.54 bits per heavy atom. The largest absolute Gasteiger partial charge is 0.481 e. The highest BCUT2D eigenvalue weighted by Gasteiger charge is 2.63. The topological polar surface area (TPSA) is 165 Å². The monoisotopic (exact) mass is 879 g/mol. The molecule has 5 N–H and O–H groups in total. The van der Waals surface area contributed by atoms with Gasteiger partial charge in [-0.1, -0.05) is 75.3 Å². The van der Waals surface area contributed by atoms with Crippen molar-refractivity contribution in [3.05, 3.63) is 12.2 Å². The summed E-state index contributed by atoms with van der Waals surface area (Å²) < 4.78 is 34.9. The summed E-state index contributed by atoms with van der Waals surface area (Å²) in [5, 5.41) is 40.5. The normalized spacial score (nSPS) is 41.6. The number of carboxylic acid groups (broad SMARTS) is 1. The van der Waals surface area contributed by atoms with Crippen molar-refractivity contribution in [1.29, 1.82) is 0 Å². The maximum Gasteiger partial charge on any atom is 0.309 e. The quantitative estimate of drug-likeness (QED) is 0.0753. The molecule has 0 aromatic carbocycles. The number of rotatable bonds is 16. The van der Waals surface area contributed by atoms with Crippen LogP contribution in [0.1, 0.15) is 160 Å². The van der Waals surface area contributed by atoms with Crippen LogP contribution in [0.3, 0.4) is 0 Å². The van der Waals surface area contributed by atoms with Gasteiger partial charge in [-0.15, -0.1) is 0 Å². The minimum Gasteiger partial charge on any atom is -0.481 e. The van der Waals surface area contributed by atoms with E-state index < -0.39 is 76.8 Å². The fourth-order valence-electron chi connectivity index (χ4n) is 11.5. The molecule has 13 heteroatoms. The molecule has 0 radical (unpaired) electrons. The molecule has 0 bridgehead atoms. The van der Waals surface area contributed by atoms with Gasteiger partial charge in [-0.25, -0.2) is 0 Å². The maximum atomic E-state index is 14.7. The van der Waals surface area contributed by atoms with Gasteiger partial charge in [-0.05, 0) is 115 Å². The van der Waals surface area contributed by atoms with E-state index in [0.717, 1.165) is 25.7 Å². The van der Waals surface area contributed by atoms with Crippen LogP contribution >= 0.6 is 12.2 Å². The van der Waals surface area contributed by atoms with Crippen molar-refractivity contribution in [3.8, 4) is 0 Å². The molecule has 5 rings (SSSR count). The summed E-state index contributed by atoms with van der Waals surface area (Å²) in [6, 6.07) is -0.235. The van der Waals surface area contributed by atoms with Gasteiger partial charge in [0.05, 0.1) is 53.7 Å². The average molecular weight is 879 g/mol. The van der Waals surface area contributed by atoms with Gasteiger partial charge in [0.2, 0.25) is 0 Å². The molecule has 4 fully saturated rings. The molecule has 0 saturated carbocycles. The van der Waals surface area contributed by atoms with Crippen molar-refractivity contribution < 1.29 is 48.6 Å². The molecule has 0 aromatic rings. The van der Waals surface area contributed by atoms with E-state index in [4.69, 9.17) is 35.9 Å². The van der Waals surface area contributed by atoms with Crippen LogP contribution in [0.5, 0.6) is 0 Å². The van der Waals surface area contributed by atoms with E-state index in [1.165, 1.54) is 0 Å². The minimum absolute atomic E-state index is 0.0190. The molecule has 61 heavy (non-hydrogen) atoms. The molecule has 4 saturated heterocycles. The number of aliphatic hydroxyl groups is 2. The Bertz CT molecular complexity index is 1550. The predicted octanol–water partition coefficient (Wildman–Crippen LogP) is 7.85. The second-order valence-electron chi connectivity index (χ2n) is 20.1. The lowest BCUT2D eigenvalue weighted by Gasteiger charge is -2.55. The highest BCUT2D eigenvalue weighted by Crippen LogP contribution is 2.54. The molecule has 12 nitrogen and oxygen atoms in total. The third-order valence-corrected chi connectivity index (χ3v) is 16.3.